The smallest absolute Gasteiger partial charge is 0.251 e. The molecule has 1 aromatic rings. The summed E-state index contributed by atoms with van der Waals surface area (Å²) in [6, 6.07) is 9.65. The first kappa shape index (κ1) is 8.92. The first-order chi connectivity index (χ1) is 7.33. The van der Waals surface area contributed by atoms with Gasteiger partial charge in [0.25, 0.3) is 5.91 Å². The lowest BCUT2D eigenvalue weighted by Gasteiger charge is -2.13. The molecule has 15 heavy (non-hydrogen) atoms. The second-order valence-corrected chi connectivity index (χ2v) is 4.22. The van der Waals surface area contributed by atoms with Gasteiger partial charge in [-0.3, -0.25) is 4.79 Å². The van der Waals surface area contributed by atoms with Gasteiger partial charge in [0.15, 0.2) is 0 Å². The molecule has 3 atom stereocenters. The zero-order valence-electron chi connectivity index (χ0n) is 8.35. The van der Waals surface area contributed by atoms with Crippen LogP contribution in [0, 0.1) is 0 Å². The van der Waals surface area contributed by atoms with Crippen LogP contribution >= 0.6 is 0 Å². The van der Waals surface area contributed by atoms with Gasteiger partial charge < -0.3 is 10.1 Å². The Hall–Kier alpha value is -1.35. The number of amides is 1. The van der Waals surface area contributed by atoms with Crippen molar-refractivity contribution in [2.45, 2.75) is 31.1 Å². The van der Waals surface area contributed by atoms with E-state index >= 15 is 0 Å². The molecule has 1 unspecified atom stereocenters. The molecule has 1 saturated carbocycles. The zero-order valence-corrected chi connectivity index (χ0v) is 8.35. The van der Waals surface area contributed by atoms with E-state index in [0.717, 1.165) is 18.4 Å². The minimum Gasteiger partial charge on any atom is -0.369 e. The number of carbonyl (C=O) groups excluding carboxylic acids is 1. The Morgan fingerprint density at radius 2 is 1.87 bits per heavy atom. The van der Waals surface area contributed by atoms with E-state index in [-0.39, 0.29) is 5.91 Å². The highest BCUT2D eigenvalue weighted by Crippen LogP contribution is 2.38. The molecular weight excluding hydrogens is 190 g/mol. The Kier molecular flexibility index (Phi) is 1.99. The summed E-state index contributed by atoms with van der Waals surface area (Å²) in [6.45, 7) is 0. The van der Waals surface area contributed by atoms with E-state index < -0.39 is 0 Å². The van der Waals surface area contributed by atoms with Gasteiger partial charge in [-0.2, -0.15) is 0 Å². The molecule has 0 bridgehead atoms. The third kappa shape index (κ3) is 1.75. The summed E-state index contributed by atoms with van der Waals surface area (Å²) >= 11 is 0. The first-order valence-corrected chi connectivity index (χ1v) is 5.34. The molecule has 2 fully saturated rings. The van der Waals surface area contributed by atoms with Gasteiger partial charge in [0.05, 0.1) is 12.2 Å². The van der Waals surface area contributed by atoms with Crippen molar-refractivity contribution < 1.29 is 9.53 Å². The predicted molar refractivity (Wildman–Crippen MR) is 55.6 cm³/mol. The highest BCUT2D eigenvalue weighted by atomic mass is 16.6. The fraction of sp³-hybridized carbons (Fsp3) is 0.417. The molecular formula is C12H13NO2. The van der Waals surface area contributed by atoms with E-state index in [2.05, 4.69) is 5.32 Å². The summed E-state index contributed by atoms with van der Waals surface area (Å²) in [4.78, 5) is 11.8. The molecule has 1 amide bonds. The molecule has 1 N–H and O–H groups in total. The second-order valence-electron chi connectivity index (χ2n) is 4.22. The Morgan fingerprint density at radius 1 is 1.20 bits per heavy atom. The normalized spacial score (nSPS) is 32.1. The largest absolute Gasteiger partial charge is 0.369 e. The van der Waals surface area contributed by atoms with E-state index in [4.69, 9.17) is 4.74 Å². The zero-order chi connectivity index (χ0) is 10.3. The summed E-state index contributed by atoms with van der Waals surface area (Å²) in [5.41, 5.74) is 0.735. The number of hydrogen-bond acceptors (Lipinski definition) is 2. The molecule has 2 aliphatic rings. The van der Waals surface area contributed by atoms with E-state index in [9.17, 15) is 4.79 Å². The molecule has 1 saturated heterocycles. The van der Waals surface area contributed by atoms with Crippen molar-refractivity contribution in [3.8, 4) is 0 Å². The summed E-state index contributed by atoms with van der Waals surface area (Å²) in [7, 11) is 0. The van der Waals surface area contributed by atoms with Gasteiger partial charge in [-0.1, -0.05) is 18.2 Å². The summed E-state index contributed by atoms with van der Waals surface area (Å²) < 4.78 is 5.32. The van der Waals surface area contributed by atoms with Crippen LogP contribution in [0.25, 0.3) is 0 Å². The van der Waals surface area contributed by atoms with Crippen LogP contribution in [-0.2, 0) is 4.74 Å². The summed E-state index contributed by atoms with van der Waals surface area (Å²) in [5.74, 6) is 0.0295. The number of epoxide rings is 1. The van der Waals surface area contributed by atoms with Gasteiger partial charge in [-0.05, 0) is 25.0 Å². The van der Waals surface area contributed by atoms with Crippen LogP contribution in [0.5, 0.6) is 0 Å². The molecule has 3 nitrogen and oxygen atoms in total. The molecule has 1 aliphatic heterocycles. The van der Waals surface area contributed by atoms with Gasteiger partial charge in [-0.25, -0.2) is 0 Å². The predicted octanol–water partition coefficient (Wildman–Crippen LogP) is 1.35. The van der Waals surface area contributed by atoms with E-state index in [0.29, 0.717) is 18.2 Å². The molecule has 1 aliphatic carbocycles. The third-order valence-corrected chi connectivity index (χ3v) is 3.09. The number of benzene rings is 1. The second kappa shape index (κ2) is 3.35. The maximum absolute atomic E-state index is 11.8. The standard InChI is InChI=1S/C12H13NO2/c14-12(8-4-2-1-3-5-8)13-9-6-10-11(7-9)15-10/h1-5,9-11H,6-7H2,(H,13,14)/t9?,10-,11+. The molecule has 3 rings (SSSR count). The van der Waals surface area contributed by atoms with Crippen LogP contribution in [0.2, 0.25) is 0 Å². The monoisotopic (exact) mass is 203 g/mol. The van der Waals surface area contributed by atoms with Gasteiger partial charge in [-0.15, -0.1) is 0 Å². The quantitative estimate of drug-likeness (QED) is 0.737. The van der Waals surface area contributed by atoms with Crippen LogP contribution < -0.4 is 5.32 Å². The molecule has 0 aromatic heterocycles. The van der Waals surface area contributed by atoms with Gasteiger partial charge >= 0.3 is 0 Å². The van der Waals surface area contributed by atoms with Crippen molar-refractivity contribution in [1.82, 2.24) is 5.32 Å². The lowest BCUT2D eigenvalue weighted by atomic mass is 10.2. The third-order valence-electron chi connectivity index (χ3n) is 3.09. The molecule has 3 heteroatoms. The van der Waals surface area contributed by atoms with Crippen LogP contribution in [0.1, 0.15) is 23.2 Å². The molecule has 0 spiro atoms. The number of fused-ring (bicyclic) bond motifs is 1. The molecule has 1 aromatic carbocycles. The van der Waals surface area contributed by atoms with Gasteiger partial charge in [0, 0.05) is 11.6 Å². The van der Waals surface area contributed by atoms with Crippen LogP contribution in [0.15, 0.2) is 30.3 Å². The number of ether oxygens (including phenoxy) is 1. The van der Waals surface area contributed by atoms with Gasteiger partial charge in [0.1, 0.15) is 0 Å². The maximum atomic E-state index is 11.8. The van der Waals surface area contributed by atoms with Crippen LogP contribution in [0.3, 0.4) is 0 Å². The average molecular weight is 203 g/mol. The Bertz CT molecular complexity index is 366. The molecule has 0 radical (unpaired) electrons. The van der Waals surface area contributed by atoms with Crippen molar-refractivity contribution in [3.05, 3.63) is 35.9 Å². The lowest BCUT2D eigenvalue weighted by molar-refractivity contribution is 0.0929. The van der Waals surface area contributed by atoms with Gasteiger partial charge in [0.2, 0.25) is 0 Å². The molecule has 1 heterocycles. The highest BCUT2D eigenvalue weighted by Gasteiger charge is 2.48. The first-order valence-electron chi connectivity index (χ1n) is 5.34. The minimum absolute atomic E-state index is 0.0295. The summed E-state index contributed by atoms with van der Waals surface area (Å²) in [6.07, 6.45) is 2.80. The SMILES string of the molecule is O=C(NC1C[C@@H]2O[C@@H]2C1)c1ccccc1. The van der Waals surface area contributed by atoms with Crippen molar-refractivity contribution in [2.75, 3.05) is 0 Å². The van der Waals surface area contributed by atoms with Crippen molar-refractivity contribution in [1.29, 1.82) is 0 Å². The fourth-order valence-electron chi connectivity index (χ4n) is 2.23. The number of carbonyl (C=O) groups is 1. The average Bonchev–Trinajstić information content (AvgIpc) is 2.88. The molecule has 78 valence electrons. The van der Waals surface area contributed by atoms with E-state index in [1.165, 1.54) is 0 Å². The Morgan fingerprint density at radius 3 is 2.53 bits per heavy atom. The van der Waals surface area contributed by atoms with Crippen molar-refractivity contribution in [2.24, 2.45) is 0 Å². The van der Waals surface area contributed by atoms with Crippen LogP contribution in [-0.4, -0.2) is 24.2 Å². The lowest BCUT2D eigenvalue weighted by Crippen LogP contribution is -2.34. The number of hydrogen-bond donors (Lipinski definition) is 1. The fourth-order valence-corrected chi connectivity index (χ4v) is 2.23. The summed E-state index contributed by atoms with van der Waals surface area (Å²) in [5, 5.41) is 3.04. The number of rotatable bonds is 2. The topological polar surface area (TPSA) is 41.6 Å². The highest BCUT2D eigenvalue weighted by molar-refractivity contribution is 5.94. The minimum atomic E-state index is 0.0295. The van der Waals surface area contributed by atoms with E-state index in [1.54, 1.807) is 0 Å². The Balaban J connectivity index is 1.61. The van der Waals surface area contributed by atoms with Crippen LogP contribution in [0.4, 0.5) is 0 Å². The maximum Gasteiger partial charge on any atom is 0.251 e. The Labute approximate surface area is 88.4 Å². The number of nitrogens with one attached hydrogen (secondary N) is 1. The van der Waals surface area contributed by atoms with Crippen molar-refractivity contribution >= 4 is 5.91 Å². The van der Waals surface area contributed by atoms with Crippen molar-refractivity contribution in [3.63, 3.8) is 0 Å². The van der Waals surface area contributed by atoms with E-state index in [1.807, 2.05) is 30.3 Å².